The topological polar surface area (TPSA) is 95.9 Å². The Morgan fingerprint density at radius 1 is 1.19 bits per heavy atom. The second-order valence-electron chi connectivity index (χ2n) is 8.28. The van der Waals surface area contributed by atoms with Gasteiger partial charge in [-0.15, -0.1) is 12.4 Å². The number of aryl methyl sites for hydroxylation is 1. The number of hydrogen-bond donors (Lipinski definition) is 2. The number of carbonyl (C=O) groups is 3. The minimum absolute atomic E-state index is 0. The molecule has 1 fully saturated rings. The molecule has 180 valence electrons. The number of ether oxygens (including phenoxy) is 1. The molecule has 1 aliphatic rings. The SMILES string of the molecule is CCCCOC(=O)C(CCc1ccccc1)N[C@@H](C)C(=O)N(CC(=O)O)C1CCCC1.Cl. The average molecular weight is 469 g/mol. The third kappa shape index (κ3) is 9.17. The van der Waals surface area contributed by atoms with E-state index in [-0.39, 0.29) is 36.9 Å². The van der Waals surface area contributed by atoms with Gasteiger partial charge in [0, 0.05) is 6.04 Å². The Morgan fingerprint density at radius 3 is 2.44 bits per heavy atom. The van der Waals surface area contributed by atoms with E-state index in [1.165, 1.54) is 4.90 Å². The number of halogens is 1. The Labute approximate surface area is 197 Å². The number of carboxylic acids is 1. The Bertz CT molecular complexity index is 710. The molecular formula is C24H37ClN2O5. The van der Waals surface area contributed by atoms with E-state index in [1.807, 2.05) is 37.3 Å². The van der Waals surface area contributed by atoms with Gasteiger partial charge in [0.2, 0.25) is 5.91 Å². The van der Waals surface area contributed by atoms with Crippen LogP contribution >= 0.6 is 12.4 Å². The maximum atomic E-state index is 13.1. The molecule has 0 spiro atoms. The third-order valence-electron chi connectivity index (χ3n) is 5.77. The molecule has 1 aliphatic carbocycles. The van der Waals surface area contributed by atoms with Gasteiger partial charge >= 0.3 is 11.9 Å². The summed E-state index contributed by atoms with van der Waals surface area (Å²) in [6.07, 6.45) is 6.53. The van der Waals surface area contributed by atoms with E-state index in [9.17, 15) is 19.5 Å². The van der Waals surface area contributed by atoms with Gasteiger partial charge in [0.1, 0.15) is 12.6 Å². The second-order valence-corrected chi connectivity index (χ2v) is 8.28. The van der Waals surface area contributed by atoms with Crippen LogP contribution in [0.4, 0.5) is 0 Å². The number of nitrogens with zero attached hydrogens (tertiary/aromatic N) is 1. The molecule has 1 aromatic carbocycles. The van der Waals surface area contributed by atoms with Crippen LogP contribution in [0.3, 0.4) is 0 Å². The monoisotopic (exact) mass is 468 g/mol. The molecule has 1 amide bonds. The smallest absolute Gasteiger partial charge is 0.323 e. The van der Waals surface area contributed by atoms with Crippen LogP contribution in [0.25, 0.3) is 0 Å². The van der Waals surface area contributed by atoms with Gasteiger partial charge in [-0.25, -0.2) is 0 Å². The van der Waals surface area contributed by atoms with Crippen molar-refractivity contribution in [2.75, 3.05) is 13.2 Å². The van der Waals surface area contributed by atoms with Crippen LogP contribution in [0.15, 0.2) is 30.3 Å². The number of esters is 1. The van der Waals surface area contributed by atoms with Gasteiger partial charge in [-0.2, -0.15) is 0 Å². The van der Waals surface area contributed by atoms with E-state index < -0.39 is 18.1 Å². The Morgan fingerprint density at radius 2 is 1.84 bits per heavy atom. The number of nitrogens with one attached hydrogen (secondary N) is 1. The highest BCUT2D eigenvalue weighted by molar-refractivity contribution is 5.86. The second kappa shape index (κ2) is 14.9. The maximum absolute atomic E-state index is 13.1. The quantitative estimate of drug-likeness (QED) is 0.339. The number of unbranched alkanes of at least 4 members (excludes halogenated alkanes) is 1. The van der Waals surface area contributed by atoms with E-state index in [1.54, 1.807) is 6.92 Å². The summed E-state index contributed by atoms with van der Waals surface area (Å²) in [4.78, 5) is 38.6. The minimum Gasteiger partial charge on any atom is -0.480 e. The van der Waals surface area contributed by atoms with Crippen molar-refractivity contribution >= 4 is 30.3 Å². The molecule has 1 unspecified atom stereocenters. The van der Waals surface area contributed by atoms with Crippen LogP contribution < -0.4 is 5.32 Å². The summed E-state index contributed by atoms with van der Waals surface area (Å²) in [5.74, 6) is -1.66. The van der Waals surface area contributed by atoms with Gasteiger partial charge in [-0.3, -0.25) is 19.7 Å². The normalized spacial score (nSPS) is 15.4. The van der Waals surface area contributed by atoms with Gasteiger partial charge in [0.25, 0.3) is 0 Å². The van der Waals surface area contributed by atoms with E-state index in [0.717, 1.165) is 44.1 Å². The molecule has 1 aromatic rings. The summed E-state index contributed by atoms with van der Waals surface area (Å²) in [5.41, 5.74) is 1.10. The number of carbonyl (C=O) groups excluding carboxylic acids is 2. The predicted molar refractivity (Wildman–Crippen MR) is 126 cm³/mol. The molecule has 7 nitrogen and oxygen atoms in total. The van der Waals surface area contributed by atoms with E-state index in [4.69, 9.17) is 4.74 Å². The zero-order chi connectivity index (χ0) is 22.6. The molecule has 0 heterocycles. The zero-order valence-corrected chi connectivity index (χ0v) is 19.9. The standard InChI is InChI=1S/C24H36N2O5.ClH/c1-3-4-16-31-24(30)21(15-14-19-10-6-5-7-11-19)25-18(2)23(29)26(17-22(27)28)20-12-8-9-13-20;/h5-7,10-11,18,20-21,25H,3-4,8-9,12-17H2,1-2H3,(H,27,28);1H/t18-,21?;/m0./s1. The molecular weight excluding hydrogens is 432 g/mol. The summed E-state index contributed by atoms with van der Waals surface area (Å²) in [7, 11) is 0. The lowest BCUT2D eigenvalue weighted by atomic mass is 10.0. The van der Waals surface area contributed by atoms with Gasteiger partial charge in [0.05, 0.1) is 12.6 Å². The van der Waals surface area contributed by atoms with Crippen LogP contribution in [0.5, 0.6) is 0 Å². The van der Waals surface area contributed by atoms with Crippen molar-refractivity contribution in [2.24, 2.45) is 0 Å². The number of rotatable bonds is 13. The Kier molecular flexibility index (Phi) is 13.0. The van der Waals surface area contributed by atoms with Crippen LogP contribution in [0.1, 0.15) is 64.4 Å². The number of carboxylic acid groups (broad SMARTS) is 1. The summed E-state index contributed by atoms with van der Waals surface area (Å²) >= 11 is 0. The fourth-order valence-corrected chi connectivity index (χ4v) is 4.01. The van der Waals surface area contributed by atoms with Gasteiger partial charge in [0.15, 0.2) is 0 Å². The molecule has 0 bridgehead atoms. The highest BCUT2D eigenvalue weighted by atomic mass is 35.5. The number of hydrogen-bond acceptors (Lipinski definition) is 5. The Hall–Kier alpha value is -2.12. The van der Waals surface area contributed by atoms with Crippen molar-refractivity contribution in [3.63, 3.8) is 0 Å². The highest BCUT2D eigenvalue weighted by Crippen LogP contribution is 2.24. The largest absolute Gasteiger partial charge is 0.480 e. The zero-order valence-electron chi connectivity index (χ0n) is 19.1. The molecule has 0 aliphatic heterocycles. The van der Waals surface area contributed by atoms with Gasteiger partial charge in [-0.1, -0.05) is 56.5 Å². The minimum atomic E-state index is -1.02. The van der Waals surface area contributed by atoms with Crippen molar-refractivity contribution < 1.29 is 24.2 Å². The highest BCUT2D eigenvalue weighted by Gasteiger charge is 2.33. The molecule has 32 heavy (non-hydrogen) atoms. The molecule has 0 radical (unpaired) electrons. The summed E-state index contributed by atoms with van der Waals surface area (Å²) in [6, 6.07) is 8.49. The molecule has 0 saturated heterocycles. The first-order valence-corrected chi connectivity index (χ1v) is 11.4. The van der Waals surface area contributed by atoms with Crippen LogP contribution in [0, 0.1) is 0 Å². The first kappa shape index (κ1) is 27.9. The van der Waals surface area contributed by atoms with Crippen LogP contribution in [-0.4, -0.2) is 59.1 Å². The molecule has 2 rings (SSSR count). The van der Waals surface area contributed by atoms with Gasteiger partial charge in [-0.05, 0) is 44.6 Å². The van der Waals surface area contributed by atoms with Crippen molar-refractivity contribution in [3.8, 4) is 0 Å². The first-order chi connectivity index (χ1) is 14.9. The fourth-order valence-electron chi connectivity index (χ4n) is 4.01. The lowest BCUT2D eigenvalue weighted by molar-refractivity contribution is -0.149. The van der Waals surface area contributed by atoms with Crippen molar-refractivity contribution in [1.82, 2.24) is 10.2 Å². The van der Waals surface area contributed by atoms with Crippen molar-refractivity contribution in [2.45, 2.75) is 83.3 Å². The summed E-state index contributed by atoms with van der Waals surface area (Å²) < 4.78 is 5.42. The fraction of sp³-hybridized carbons (Fsp3) is 0.625. The molecule has 0 aromatic heterocycles. The van der Waals surface area contributed by atoms with E-state index in [0.29, 0.717) is 19.4 Å². The van der Waals surface area contributed by atoms with Crippen molar-refractivity contribution in [3.05, 3.63) is 35.9 Å². The van der Waals surface area contributed by atoms with Crippen LogP contribution in [0.2, 0.25) is 0 Å². The van der Waals surface area contributed by atoms with Gasteiger partial charge < -0.3 is 14.7 Å². The summed E-state index contributed by atoms with van der Waals surface area (Å²) in [5, 5.41) is 12.4. The number of benzene rings is 1. The number of amides is 1. The van der Waals surface area contributed by atoms with Crippen LogP contribution in [-0.2, 0) is 25.5 Å². The third-order valence-corrected chi connectivity index (χ3v) is 5.77. The molecule has 2 atom stereocenters. The van der Waals surface area contributed by atoms with E-state index >= 15 is 0 Å². The Balaban J connectivity index is 0.00000512. The summed E-state index contributed by atoms with van der Waals surface area (Å²) in [6.45, 7) is 3.76. The molecule has 8 heteroatoms. The lowest BCUT2D eigenvalue weighted by Gasteiger charge is -2.31. The maximum Gasteiger partial charge on any atom is 0.323 e. The van der Waals surface area contributed by atoms with Crippen molar-refractivity contribution in [1.29, 1.82) is 0 Å². The first-order valence-electron chi connectivity index (χ1n) is 11.4. The molecule has 1 saturated carbocycles. The number of aliphatic carboxylic acids is 1. The average Bonchev–Trinajstić information content (AvgIpc) is 3.29. The molecule has 2 N–H and O–H groups in total. The van der Waals surface area contributed by atoms with E-state index in [2.05, 4.69) is 5.32 Å². The predicted octanol–water partition coefficient (Wildman–Crippen LogP) is 3.59. The lowest BCUT2D eigenvalue weighted by Crippen LogP contribution is -2.54.